The van der Waals surface area contributed by atoms with Crippen LogP contribution >= 0.6 is 11.8 Å². The Morgan fingerprint density at radius 3 is 2.86 bits per heavy atom. The largest absolute Gasteiger partial charge is 0.464 e. The summed E-state index contributed by atoms with van der Waals surface area (Å²) in [6.45, 7) is 7.46. The Morgan fingerprint density at radius 2 is 2.21 bits per heavy atom. The minimum Gasteiger partial charge on any atom is -0.464 e. The molecule has 1 heterocycles. The molecule has 0 aliphatic heterocycles. The SMILES string of the molecule is C=C(C)CNCc1ccc(CSC)o1. The number of thioether (sulfide) groups is 1. The fourth-order valence-corrected chi connectivity index (χ4v) is 1.58. The van der Waals surface area contributed by atoms with Gasteiger partial charge in [0.1, 0.15) is 11.5 Å². The van der Waals surface area contributed by atoms with Crippen molar-refractivity contribution in [2.24, 2.45) is 0 Å². The quantitative estimate of drug-likeness (QED) is 0.732. The summed E-state index contributed by atoms with van der Waals surface area (Å²) in [5.74, 6) is 2.99. The van der Waals surface area contributed by atoms with Gasteiger partial charge >= 0.3 is 0 Å². The molecule has 14 heavy (non-hydrogen) atoms. The van der Waals surface area contributed by atoms with E-state index in [9.17, 15) is 0 Å². The first-order valence-corrected chi connectivity index (χ1v) is 6.03. The smallest absolute Gasteiger partial charge is 0.118 e. The number of furan rings is 1. The molecule has 78 valence electrons. The first-order chi connectivity index (χ1) is 6.72. The molecule has 0 bridgehead atoms. The van der Waals surface area contributed by atoms with Crippen molar-refractivity contribution in [3.8, 4) is 0 Å². The molecule has 0 aliphatic rings. The van der Waals surface area contributed by atoms with Crippen LogP contribution in [0.4, 0.5) is 0 Å². The molecular weight excluding hydrogens is 194 g/mol. The van der Waals surface area contributed by atoms with Crippen molar-refractivity contribution in [3.63, 3.8) is 0 Å². The number of rotatable bonds is 6. The van der Waals surface area contributed by atoms with Gasteiger partial charge in [0.05, 0.1) is 12.3 Å². The van der Waals surface area contributed by atoms with E-state index >= 15 is 0 Å². The minimum atomic E-state index is 0.779. The Bertz CT molecular complexity index is 293. The van der Waals surface area contributed by atoms with Gasteiger partial charge in [0.15, 0.2) is 0 Å². The summed E-state index contributed by atoms with van der Waals surface area (Å²) >= 11 is 1.77. The maximum Gasteiger partial charge on any atom is 0.118 e. The van der Waals surface area contributed by atoms with E-state index in [1.807, 2.05) is 19.1 Å². The standard InChI is InChI=1S/C11H17NOS/c1-9(2)6-12-7-10-4-5-11(13-10)8-14-3/h4-5,12H,1,6-8H2,2-3H3. The Kier molecular flexibility index (Phi) is 4.84. The molecule has 0 amide bonds. The molecule has 1 N–H and O–H groups in total. The number of hydrogen-bond acceptors (Lipinski definition) is 3. The lowest BCUT2D eigenvalue weighted by atomic mass is 10.3. The van der Waals surface area contributed by atoms with Gasteiger partial charge in [-0.3, -0.25) is 0 Å². The number of nitrogens with one attached hydrogen (secondary N) is 1. The maximum absolute atomic E-state index is 5.59. The van der Waals surface area contributed by atoms with E-state index in [2.05, 4.69) is 18.2 Å². The van der Waals surface area contributed by atoms with Crippen LogP contribution in [-0.4, -0.2) is 12.8 Å². The van der Waals surface area contributed by atoms with Gasteiger partial charge in [0.25, 0.3) is 0 Å². The summed E-state index contributed by atoms with van der Waals surface area (Å²) in [6, 6.07) is 4.06. The lowest BCUT2D eigenvalue weighted by Crippen LogP contribution is -2.14. The van der Waals surface area contributed by atoms with Crippen LogP contribution in [0.1, 0.15) is 18.4 Å². The lowest BCUT2D eigenvalue weighted by Gasteiger charge is -2.00. The highest BCUT2D eigenvalue weighted by Gasteiger charge is 2.00. The van der Waals surface area contributed by atoms with Crippen molar-refractivity contribution in [1.82, 2.24) is 5.32 Å². The Labute approximate surface area is 89.8 Å². The third-order valence-electron chi connectivity index (χ3n) is 1.73. The summed E-state index contributed by atoms with van der Waals surface area (Å²) < 4.78 is 5.59. The van der Waals surface area contributed by atoms with E-state index in [0.717, 1.165) is 35.9 Å². The average molecular weight is 211 g/mol. The highest BCUT2D eigenvalue weighted by Crippen LogP contribution is 2.13. The van der Waals surface area contributed by atoms with E-state index in [0.29, 0.717) is 0 Å². The second kappa shape index (κ2) is 5.94. The van der Waals surface area contributed by atoms with Gasteiger partial charge in [-0.15, -0.1) is 0 Å². The summed E-state index contributed by atoms with van der Waals surface area (Å²) in [5.41, 5.74) is 1.14. The average Bonchev–Trinajstić information content (AvgIpc) is 2.53. The van der Waals surface area contributed by atoms with Crippen LogP contribution < -0.4 is 5.32 Å². The van der Waals surface area contributed by atoms with E-state index in [1.165, 1.54) is 0 Å². The normalized spacial score (nSPS) is 10.4. The first-order valence-electron chi connectivity index (χ1n) is 4.64. The highest BCUT2D eigenvalue weighted by atomic mass is 32.2. The van der Waals surface area contributed by atoms with Crippen LogP contribution in [0.25, 0.3) is 0 Å². The Morgan fingerprint density at radius 1 is 1.50 bits per heavy atom. The molecule has 0 radical (unpaired) electrons. The molecular formula is C11H17NOS. The van der Waals surface area contributed by atoms with Crippen molar-refractivity contribution in [2.45, 2.75) is 19.2 Å². The molecule has 1 aromatic rings. The molecule has 0 fully saturated rings. The van der Waals surface area contributed by atoms with Gasteiger partial charge in [-0.25, -0.2) is 0 Å². The van der Waals surface area contributed by atoms with Crippen LogP contribution in [0, 0.1) is 0 Å². The molecule has 0 atom stereocenters. The number of hydrogen-bond donors (Lipinski definition) is 1. The van der Waals surface area contributed by atoms with Crippen LogP contribution in [0.15, 0.2) is 28.7 Å². The predicted octanol–water partition coefficient (Wildman–Crippen LogP) is 2.81. The van der Waals surface area contributed by atoms with Gasteiger partial charge < -0.3 is 9.73 Å². The zero-order valence-corrected chi connectivity index (χ0v) is 9.62. The van der Waals surface area contributed by atoms with Gasteiger partial charge in [0.2, 0.25) is 0 Å². The van der Waals surface area contributed by atoms with Gasteiger partial charge in [-0.2, -0.15) is 11.8 Å². The molecule has 2 nitrogen and oxygen atoms in total. The molecule has 0 aliphatic carbocycles. The van der Waals surface area contributed by atoms with Crippen molar-refractivity contribution < 1.29 is 4.42 Å². The van der Waals surface area contributed by atoms with E-state index in [1.54, 1.807) is 11.8 Å². The predicted molar refractivity (Wildman–Crippen MR) is 62.4 cm³/mol. The van der Waals surface area contributed by atoms with Crippen molar-refractivity contribution in [2.75, 3.05) is 12.8 Å². The maximum atomic E-state index is 5.59. The minimum absolute atomic E-state index is 0.779. The second-order valence-electron chi connectivity index (χ2n) is 3.36. The molecule has 3 heteroatoms. The van der Waals surface area contributed by atoms with E-state index < -0.39 is 0 Å². The van der Waals surface area contributed by atoms with Crippen LogP contribution in [-0.2, 0) is 12.3 Å². The molecule has 1 rings (SSSR count). The van der Waals surface area contributed by atoms with Crippen LogP contribution in [0.2, 0.25) is 0 Å². The fourth-order valence-electron chi connectivity index (χ4n) is 1.14. The molecule has 0 unspecified atom stereocenters. The topological polar surface area (TPSA) is 25.2 Å². The van der Waals surface area contributed by atoms with Crippen LogP contribution in [0.5, 0.6) is 0 Å². The van der Waals surface area contributed by atoms with Gasteiger partial charge in [-0.1, -0.05) is 12.2 Å². The zero-order valence-electron chi connectivity index (χ0n) is 8.80. The molecule has 0 saturated carbocycles. The second-order valence-corrected chi connectivity index (χ2v) is 4.23. The summed E-state index contributed by atoms with van der Waals surface area (Å²) in [7, 11) is 0. The van der Waals surface area contributed by atoms with E-state index in [-0.39, 0.29) is 0 Å². The lowest BCUT2D eigenvalue weighted by molar-refractivity contribution is 0.464. The van der Waals surface area contributed by atoms with Crippen molar-refractivity contribution in [1.29, 1.82) is 0 Å². The fraction of sp³-hybridized carbons (Fsp3) is 0.455. The Balaban J connectivity index is 2.32. The van der Waals surface area contributed by atoms with Gasteiger partial charge in [-0.05, 0) is 25.3 Å². The third kappa shape index (κ3) is 4.03. The molecule has 0 spiro atoms. The Hall–Kier alpha value is -0.670. The van der Waals surface area contributed by atoms with Crippen molar-refractivity contribution >= 4 is 11.8 Å². The summed E-state index contributed by atoms with van der Waals surface area (Å²) in [4.78, 5) is 0. The van der Waals surface area contributed by atoms with Crippen LogP contribution in [0.3, 0.4) is 0 Å². The highest BCUT2D eigenvalue weighted by molar-refractivity contribution is 7.97. The first kappa shape index (κ1) is 11.4. The van der Waals surface area contributed by atoms with Crippen molar-refractivity contribution in [3.05, 3.63) is 35.8 Å². The molecule has 1 aromatic heterocycles. The molecule has 0 aromatic carbocycles. The summed E-state index contributed by atoms with van der Waals surface area (Å²) in [5, 5.41) is 3.26. The monoisotopic (exact) mass is 211 g/mol. The molecule has 0 saturated heterocycles. The van der Waals surface area contributed by atoms with Gasteiger partial charge in [0, 0.05) is 6.54 Å². The zero-order chi connectivity index (χ0) is 10.4. The third-order valence-corrected chi connectivity index (χ3v) is 2.30. The van der Waals surface area contributed by atoms with E-state index in [4.69, 9.17) is 4.42 Å². The summed E-state index contributed by atoms with van der Waals surface area (Å²) in [6.07, 6.45) is 2.07.